The number of nitrogens with zero attached hydrogens (tertiary/aromatic N) is 2. The molecule has 1 aromatic carbocycles. The molecule has 0 atom stereocenters. The van der Waals surface area contributed by atoms with E-state index in [9.17, 15) is 0 Å². The van der Waals surface area contributed by atoms with Gasteiger partial charge in [-0.25, -0.2) is 9.98 Å². The van der Waals surface area contributed by atoms with Crippen molar-refractivity contribution in [2.45, 2.75) is 0 Å². The van der Waals surface area contributed by atoms with Crippen molar-refractivity contribution < 1.29 is 14.2 Å². The minimum absolute atomic E-state index is 0.560. The van der Waals surface area contributed by atoms with Crippen LogP contribution in [-0.2, 0) is 0 Å². The molecule has 5 heteroatoms. The lowest BCUT2D eigenvalue weighted by atomic mass is 10.2. The van der Waals surface area contributed by atoms with Crippen LogP contribution < -0.4 is 14.2 Å². The van der Waals surface area contributed by atoms with E-state index in [0.29, 0.717) is 23.1 Å². The maximum absolute atomic E-state index is 5.29. The van der Waals surface area contributed by atoms with Crippen LogP contribution in [0.5, 0.6) is 17.2 Å². The predicted molar refractivity (Wildman–Crippen MR) is 77.6 cm³/mol. The highest BCUT2D eigenvalue weighted by Crippen LogP contribution is 2.37. The molecule has 0 unspecified atom stereocenters. The van der Waals surface area contributed by atoms with E-state index in [0.717, 1.165) is 5.56 Å². The van der Waals surface area contributed by atoms with E-state index in [-0.39, 0.29) is 0 Å². The highest BCUT2D eigenvalue weighted by atomic mass is 16.5. The van der Waals surface area contributed by atoms with Crippen LogP contribution in [-0.4, -0.2) is 32.5 Å². The van der Waals surface area contributed by atoms with Gasteiger partial charge in [0.15, 0.2) is 17.3 Å². The molecule has 20 heavy (non-hydrogen) atoms. The molecule has 0 aliphatic rings. The van der Waals surface area contributed by atoms with E-state index in [4.69, 9.17) is 14.2 Å². The average molecular weight is 272 g/mol. The van der Waals surface area contributed by atoms with Crippen molar-refractivity contribution in [3.63, 3.8) is 0 Å². The summed E-state index contributed by atoms with van der Waals surface area (Å²) >= 11 is 0. The zero-order valence-corrected chi connectivity index (χ0v) is 11.7. The SMILES string of the molecule is COc1cc(C=Nc2ccccn2)cc(OC)c1OC. The molecular formula is C15H16N2O3. The summed E-state index contributed by atoms with van der Waals surface area (Å²) in [7, 11) is 4.73. The van der Waals surface area contributed by atoms with E-state index in [1.54, 1.807) is 33.7 Å². The summed E-state index contributed by atoms with van der Waals surface area (Å²) < 4.78 is 15.8. The summed E-state index contributed by atoms with van der Waals surface area (Å²) in [6, 6.07) is 9.21. The zero-order valence-electron chi connectivity index (χ0n) is 11.7. The Bertz CT molecular complexity index is 572. The second-order valence-corrected chi connectivity index (χ2v) is 3.90. The van der Waals surface area contributed by atoms with Crippen LogP contribution in [0.2, 0.25) is 0 Å². The van der Waals surface area contributed by atoms with Crippen molar-refractivity contribution in [2.24, 2.45) is 4.99 Å². The smallest absolute Gasteiger partial charge is 0.203 e. The number of hydrogen-bond donors (Lipinski definition) is 0. The predicted octanol–water partition coefficient (Wildman–Crippen LogP) is 2.86. The molecule has 5 nitrogen and oxygen atoms in total. The van der Waals surface area contributed by atoms with E-state index < -0.39 is 0 Å². The first kappa shape index (κ1) is 13.9. The highest BCUT2D eigenvalue weighted by Gasteiger charge is 2.12. The van der Waals surface area contributed by atoms with Crippen molar-refractivity contribution in [1.82, 2.24) is 4.98 Å². The van der Waals surface area contributed by atoms with Crippen molar-refractivity contribution >= 4 is 12.0 Å². The maximum atomic E-state index is 5.29. The minimum atomic E-state index is 0.560. The molecule has 0 spiro atoms. The normalized spacial score (nSPS) is 10.6. The number of benzene rings is 1. The average Bonchev–Trinajstić information content (AvgIpc) is 2.52. The van der Waals surface area contributed by atoms with Crippen molar-refractivity contribution in [3.05, 3.63) is 42.1 Å². The fraction of sp³-hybridized carbons (Fsp3) is 0.200. The van der Waals surface area contributed by atoms with Crippen molar-refractivity contribution in [2.75, 3.05) is 21.3 Å². The first-order valence-corrected chi connectivity index (χ1v) is 6.03. The summed E-state index contributed by atoms with van der Waals surface area (Å²) in [4.78, 5) is 8.42. The lowest BCUT2D eigenvalue weighted by Gasteiger charge is -2.12. The highest BCUT2D eigenvalue weighted by molar-refractivity contribution is 5.84. The van der Waals surface area contributed by atoms with Crippen LogP contribution in [0.1, 0.15) is 5.56 Å². The van der Waals surface area contributed by atoms with Gasteiger partial charge < -0.3 is 14.2 Å². The fourth-order valence-electron chi connectivity index (χ4n) is 1.75. The molecular weight excluding hydrogens is 256 g/mol. The topological polar surface area (TPSA) is 52.9 Å². The standard InChI is InChI=1S/C15H16N2O3/c1-18-12-8-11(9-13(19-2)15(12)20-3)10-17-14-6-4-5-7-16-14/h4-10H,1-3H3. The minimum Gasteiger partial charge on any atom is -0.493 e. The van der Waals surface area contributed by atoms with Crippen LogP contribution >= 0.6 is 0 Å². The Hall–Kier alpha value is -2.56. The summed E-state index contributed by atoms with van der Waals surface area (Å²) in [5, 5.41) is 0. The number of methoxy groups -OCH3 is 3. The van der Waals surface area contributed by atoms with Crippen molar-refractivity contribution in [3.8, 4) is 17.2 Å². The number of ether oxygens (including phenoxy) is 3. The van der Waals surface area contributed by atoms with Gasteiger partial charge in [0.1, 0.15) is 0 Å². The number of aromatic nitrogens is 1. The Labute approximate surface area is 117 Å². The van der Waals surface area contributed by atoms with Gasteiger partial charge in [-0.15, -0.1) is 0 Å². The third-order valence-corrected chi connectivity index (χ3v) is 2.68. The Kier molecular flexibility index (Phi) is 4.55. The Balaban J connectivity index is 2.35. The monoisotopic (exact) mass is 272 g/mol. The first-order valence-electron chi connectivity index (χ1n) is 6.03. The van der Waals surface area contributed by atoms with Crippen LogP contribution in [0, 0.1) is 0 Å². The molecule has 2 aromatic rings. The third kappa shape index (κ3) is 3.06. The molecule has 0 bridgehead atoms. The molecule has 0 N–H and O–H groups in total. The van der Waals surface area contributed by atoms with Crippen LogP contribution in [0.3, 0.4) is 0 Å². The second-order valence-electron chi connectivity index (χ2n) is 3.90. The summed E-state index contributed by atoms with van der Waals surface area (Å²) in [6.45, 7) is 0. The van der Waals surface area contributed by atoms with E-state index in [1.807, 2.05) is 30.3 Å². The van der Waals surface area contributed by atoms with E-state index in [1.165, 1.54) is 0 Å². The molecule has 1 heterocycles. The van der Waals surface area contributed by atoms with Gasteiger partial charge in [-0.1, -0.05) is 6.07 Å². The molecule has 0 radical (unpaired) electrons. The lowest BCUT2D eigenvalue weighted by Crippen LogP contribution is -1.96. The number of hydrogen-bond acceptors (Lipinski definition) is 5. The van der Waals surface area contributed by atoms with Gasteiger partial charge in [0.05, 0.1) is 21.3 Å². The van der Waals surface area contributed by atoms with E-state index in [2.05, 4.69) is 9.98 Å². The number of aliphatic imine (C=N–C) groups is 1. The molecule has 0 aliphatic carbocycles. The zero-order chi connectivity index (χ0) is 14.4. The first-order chi connectivity index (χ1) is 9.78. The Morgan fingerprint density at radius 1 is 1.00 bits per heavy atom. The molecule has 0 saturated heterocycles. The molecule has 0 amide bonds. The summed E-state index contributed by atoms with van der Waals surface area (Å²) in [5.74, 6) is 2.38. The van der Waals surface area contributed by atoms with Crippen LogP contribution in [0.25, 0.3) is 0 Å². The Morgan fingerprint density at radius 2 is 1.70 bits per heavy atom. The van der Waals surface area contributed by atoms with E-state index >= 15 is 0 Å². The van der Waals surface area contributed by atoms with Gasteiger partial charge in [0, 0.05) is 18.0 Å². The van der Waals surface area contributed by atoms with Crippen LogP contribution in [0.15, 0.2) is 41.5 Å². The summed E-state index contributed by atoms with van der Waals surface area (Å²) in [6.07, 6.45) is 3.40. The van der Waals surface area contributed by atoms with Gasteiger partial charge in [-0.05, 0) is 24.3 Å². The maximum Gasteiger partial charge on any atom is 0.203 e. The van der Waals surface area contributed by atoms with Gasteiger partial charge in [-0.3, -0.25) is 0 Å². The molecule has 104 valence electrons. The molecule has 0 saturated carbocycles. The lowest BCUT2D eigenvalue weighted by molar-refractivity contribution is 0.324. The third-order valence-electron chi connectivity index (χ3n) is 2.68. The Morgan fingerprint density at radius 3 is 2.20 bits per heavy atom. The van der Waals surface area contributed by atoms with Crippen LogP contribution in [0.4, 0.5) is 5.82 Å². The number of pyridine rings is 1. The van der Waals surface area contributed by atoms with Crippen molar-refractivity contribution in [1.29, 1.82) is 0 Å². The fourth-order valence-corrected chi connectivity index (χ4v) is 1.75. The molecule has 0 fully saturated rings. The largest absolute Gasteiger partial charge is 0.493 e. The molecule has 1 aromatic heterocycles. The second kappa shape index (κ2) is 6.56. The number of rotatable bonds is 5. The van der Waals surface area contributed by atoms with Gasteiger partial charge in [0.25, 0.3) is 0 Å². The van der Waals surface area contributed by atoms with Gasteiger partial charge in [-0.2, -0.15) is 0 Å². The van der Waals surface area contributed by atoms with Gasteiger partial charge in [0.2, 0.25) is 5.75 Å². The quantitative estimate of drug-likeness (QED) is 0.785. The summed E-state index contributed by atoms with van der Waals surface area (Å²) in [5.41, 5.74) is 0.838. The van der Waals surface area contributed by atoms with Gasteiger partial charge >= 0.3 is 0 Å². The molecule has 0 aliphatic heterocycles. The molecule has 2 rings (SSSR count).